The van der Waals surface area contributed by atoms with Gasteiger partial charge in [0.1, 0.15) is 23.9 Å². The maximum atomic E-state index is 5.65. The molecule has 0 fully saturated rings. The quantitative estimate of drug-likeness (QED) is 0.686. The number of nitrogens with one attached hydrogen (secondary N) is 1. The average molecular weight is 253 g/mol. The molecule has 0 aliphatic heterocycles. The molecular formula is C14H23NO3. The van der Waals surface area contributed by atoms with Crippen LogP contribution in [0.3, 0.4) is 0 Å². The van der Waals surface area contributed by atoms with E-state index in [0.29, 0.717) is 6.61 Å². The molecule has 0 aliphatic rings. The fraction of sp³-hybridized carbons (Fsp3) is 0.571. The zero-order chi connectivity index (χ0) is 13.2. The van der Waals surface area contributed by atoms with Crippen molar-refractivity contribution in [3.8, 4) is 17.2 Å². The van der Waals surface area contributed by atoms with Gasteiger partial charge >= 0.3 is 0 Å². The summed E-state index contributed by atoms with van der Waals surface area (Å²) in [6.07, 6.45) is 2.41. The molecule has 1 aromatic rings. The summed E-state index contributed by atoms with van der Waals surface area (Å²) in [5.74, 6) is 2.25. The highest BCUT2D eigenvalue weighted by Gasteiger charge is 2.02. The van der Waals surface area contributed by atoms with Gasteiger partial charge < -0.3 is 19.5 Å². The lowest BCUT2D eigenvalue weighted by Crippen LogP contribution is -2.21. The predicted octanol–water partition coefficient (Wildman–Crippen LogP) is 2.47. The Morgan fingerprint density at radius 2 is 1.56 bits per heavy atom. The van der Waals surface area contributed by atoms with Crippen molar-refractivity contribution < 1.29 is 14.2 Å². The molecule has 0 radical (unpaired) electrons. The van der Waals surface area contributed by atoms with Crippen LogP contribution in [0.1, 0.15) is 19.8 Å². The van der Waals surface area contributed by atoms with Gasteiger partial charge in [0.05, 0.1) is 14.2 Å². The van der Waals surface area contributed by atoms with Crippen LogP contribution >= 0.6 is 0 Å². The minimum atomic E-state index is 0.639. The highest BCUT2D eigenvalue weighted by atomic mass is 16.5. The minimum absolute atomic E-state index is 0.639. The molecule has 102 valence electrons. The molecule has 1 N–H and O–H groups in total. The van der Waals surface area contributed by atoms with Crippen LogP contribution in [0.2, 0.25) is 0 Å². The summed E-state index contributed by atoms with van der Waals surface area (Å²) in [6.45, 7) is 4.71. The molecular weight excluding hydrogens is 230 g/mol. The largest absolute Gasteiger partial charge is 0.496 e. The van der Waals surface area contributed by atoms with Crippen LogP contribution in [0.25, 0.3) is 0 Å². The fourth-order valence-electron chi connectivity index (χ4n) is 1.53. The van der Waals surface area contributed by atoms with E-state index >= 15 is 0 Å². The zero-order valence-corrected chi connectivity index (χ0v) is 11.5. The highest BCUT2D eigenvalue weighted by Crippen LogP contribution is 2.27. The van der Waals surface area contributed by atoms with Gasteiger partial charge in [-0.25, -0.2) is 0 Å². The molecule has 0 aliphatic carbocycles. The number of unbranched alkanes of at least 4 members (excludes halogenated alkanes) is 1. The number of methoxy groups -OCH3 is 2. The summed E-state index contributed by atoms with van der Waals surface area (Å²) in [7, 11) is 3.26. The second-order valence-electron chi connectivity index (χ2n) is 4.00. The molecule has 0 unspecified atom stereocenters. The summed E-state index contributed by atoms with van der Waals surface area (Å²) in [5.41, 5.74) is 0. The Morgan fingerprint density at radius 1 is 0.944 bits per heavy atom. The maximum absolute atomic E-state index is 5.65. The first-order valence-corrected chi connectivity index (χ1v) is 6.36. The molecule has 0 saturated carbocycles. The van der Waals surface area contributed by atoms with Crippen molar-refractivity contribution in [3.63, 3.8) is 0 Å². The Bertz CT molecular complexity index is 320. The average Bonchev–Trinajstić information content (AvgIpc) is 2.42. The Kier molecular flexibility index (Phi) is 7.03. The molecule has 0 bridgehead atoms. The smallest absolute Gasteiger partial charge is 0.126 e. The first kappa shape index (κ1) is 14.6. The van der Waals surface area contributed by atoms with Gasteiger partial charge in [0.25, 0.3) is 0 Å². The van der Waals surface area contributed by atoms with E-state index in [0.717, 1.165) is 30.3 Å². The van der Waals surface area contributed by atoms with Crippen molar-refractivity contribution in [1.29, 1.82) is 0 Å². The van der Waals surface area contributed by atoms with Crippen molar-refractivity contribution in [2.45, 2.75) is 19.8 Å². The third-order valence-electron chi connectivity index (χ3n) is 2.58. The van der Waals surface area contributed by atoms with Gasteiger partial charge in [-0.15, -0.1) is 0 Å². The Balaban J connectivity index is 2.36. The number of hydrogen-bond donors (Lipinski definition) is 1. The van der Waals surface area contributed by atoms with Gasteiger partial charge in [-0.05, 0) is 13.0 Å². The Labute approximate surface area is 109 Å². The second-order valence-corrected chi connectivity index (χ2v) is 4.00. The first-order chi connectivity index (χ1) is 8.80. The van der Waals surface area contributed by atoms with Crippen LogP contribution < -0.4 is 19.5 Å². The van der Waals surface area contributed by atoms with E-state index < -0.39 is 0 Å². The molecule has 1 aromatic carbocycles. The van der Waals surface area contributed by atoms with Crippen molar-refractivity contribution in [1.82, 2.24) is 5.32 Å². The lowest BCUT2D eigenvalue weighted by molar-refractivity contribution is 0.308. The van der Waals surface area contributed by atoms with Gasteiger partial charge in [0.2, 0.25) is 0 Å². The Hall–Kier alpha value is -1.42. The fourth-order valence-corrected chi connectivity index (χ4v) is 1.53. The van der Waals surface area contributed by atoms with E-state index in [1.807, 2.05) is 18.2 Å². The number of ether oxygens (including phenoxy) is 3. The molecule has 0 heterocycles. The summed E-state index contributed by atoms with van der Waals surface area (Å²) in [5, 5.41) is 3.33. The van der Waals surface area contributed by atoms with Crippen LogP contribution in [0.15, 0.2) is 18.2 Å². The number of hydrogen-bond acceptors (Lipinski definition) is 4. The van der Waals surface area contributed by atoms with Crippen LogP contribution in [0, 0.1) is 0 Å². The monoisotopic (exact) mass is 253 g/mol. The van der Waals surface area contributed by atoms with E-state index in [-0.39, 0.29) is 0 Å². The van der Waals surface area contributed by atoms with Gasteiger partial charge in [0.15, 0.2) is 0 Å². The molecule has 0 amide bonds. The van der Waals surface area contributed by atoms with Crippen molar-refractivity contribution in [2.24, 2.45) is 0 Å². The van der Waals surface area contributed by atoms with Gasteiger partial charge in [0, 0.05) is 24.7 Å². The minimum Gasteiger partial charge on any atom is -0.496 e. The normalized spacial score (nSPS) is 10.2. The highest BCUT2D eigenvalue weighted by molar-refractivity contribution is 5.41. The molecule has 0 saturated heterocycles. The molecule has 4 nitrogen and oxygen atoms in total. The standard InChI is InChI=1S/C14H23NO3/c1-4-5-6-15-7-8-18-14-10-12(16-2)9-13(11-14)17-3/h9-11,15H,4-8H2,1-3H3. The van der Waals surface area contributed by atoms with E-state index in [4.69, 9.17) is 14.2 Å². The van der Waals surface area contributed by atoms with Crippen LogP contribution in [0.4, 0.5) is 0 Å². The van der Waals surface area contributed by atoms with Crippen LogP contribution in [0.5, 0.6) is 17.2 Å². The van der Waals surface area contributed by atoms with Crippen LogP contribution in [-0.2, 0) is 0 Å². The van der Waals surface area contributed by atoms with Gasteiger partial charge in [-0.2, -0.15) is 0 Å². The topological polar surface area (TPSA) is 39.7 Å². The van der Waals surface area contributed by atoms with Crippen molar-refractivity contribution in [2.75, 3.05) is 33.9 Å². The molecule has 1 rings (SSSR count). The lowest BCUT2D eigenvalue weighted by atomic mass is 10.3. The molecule has 0 aromatic heterocycles. The van der Waals surface area contributed by atoms with Gasteiger partial charge in [-0.3, -0.25) is 0 Å². The van der Waals surface area contributed by atoms with Gasteiger partial charge in [-0.1, -0.05) is 13.3 Å². The third-order valence-corrected chi connectivity index (χ3v) is 2.58. The molecule has 18 heavy (non-hydrogen) atoms. The second kappa shape index (κ2) is 8.64. The predicted molar refractivity (Wildman–Crippen MR) is 72.8 cm³/mol. The summed E-state index contributed by atoms with van der Waals surface area (Å²) >= 11 is 0. The SMILES string of the molecule is CCCCNCCOc1cc(OC)cc(OC)c1. The Morgan fingerprint density at radius 3 is 2.11 bits per heavy atom. The van der Waals surface area contributed by atoms with E-state index in [9.17, 15) is 0 Å². The lowest BCUT2D eigenvalue weighted by Gasteiger charge is -2.10. The summed E-state index contributed by atoms with van der Waals surface area (Å²) in [6, 6.07) is 5.54. The first-order valence-electron chi connectivity index (χ1n) is 6.36. The maximum Gasteiger partial charge on any atom is 0.126 e. The number of benzene rings is 1. The van der Waals surface area contributed by atoms with E-state index in [1.54, 1.807) is 14.2 Å². The molecule has 0 spiro atoms. The third kappa shape index (κ3) is 5.27. The molecule has 0 atom stereocenters. The zero-order valence-electron chi connectivity index (χ0n) is 11.5. The van der Waals surface area contributed by atoms with Crippen LogP contribution in [-0.4, -0.2) is 33.9 Å². The number of rotatable bonds is 9. The summed E-state index contributed by atoms with van der Waals surface area (Å²) < 4.78 is 16.0. The van der Waals surface area contributed by atoms with Crippen molar-refractivity contribution >= 4 is 0 Å². The van der Waals surface area contributed by atoms with Crippen molar-refractivity contribution in [3.05, 3.63) is 18.2 Å². The molecule has 4 heteroatoms. The summed E-state index contributed by atoms with van der Waals surface area (Å²) in [4.78, 5) is 0. The van der Waals surface area contributed by atoms with E-state index in [1.165, 1.54) is 12.8 Å². The van der Waals surface area contributed by atoms with E-state index in [2.05, 4.69) is 12.2 Å².